The molecule has 0 fully saturated rings. The van der Waals surface area contributed by atoms with E-state index in [9.17, 15) is 9.50 Å². The summed E-state index contributed by atoms with van der Waals surface area (Å²) in [4.78, 5) is 8.32. The minimum Gasteiger partial charge on any atom is -0.384 e. The van der Waals surface area contributed by atoms with Crippen LogP contribution >= 0.6 is 0 Å². The third-order valence-electron chi connectivity index (χ3n) is 2.75. The second-order valence-electron chi connectivity index (χ2n) is 4.00. The van der Waals surface area contributed by atoms with Crippen LogP contribution in [0.15, 0.2) is 54.6 Å². The predicted octanol–water partition coefficient (Wildman–Crippen LogP) is 1.99. The van der Waals surface area contributed by atoms with Crippen molar-refractivity contribution < 1.29 is 9.50 Å². The van der Waals surface area contributed by atoms with Crippen molar-refractivity contribution in [3.05, 3.63) is 60.2 Å². The molecule has 1 aromatic carbocycles. The molecule has 3 N–H and O–H groups in total. The van der Waals surface area contributed by atoms with E-state index in [4.69, 9.17) is 5.73 Å². The van der Waals surface area contributed by atoms with Crippen LogP contribution in [0.3, 0.4) is 0 Å². The van der Waals surface area contributed by atoms with Crippen molar-refractivity contribution in [2.75, 3.05) is 6.54 Å². The van der Waals surface area contributed by atoms with Gasteiger partial charge in [0.25, 0.3) is 0 Å². The van der Waals surface area contributed by atoms with Crippen molar-refractivity contribution in [1.82, 2.24) is 9.97 Å². The van der Waals surface area contributed by atoms with Gasteiger partial charge in [-0.2, -0.15) is 0 Å². The second kappa shape index (κ2) is 6.17. The van der Waals surface area contributed by atoms with Crippen LogP contribution in [0.5, 0.6) is 0 Å². The van der Waals surface area contributed by atoms with Crippen LogP contribution in [-0.2, 0) is 0 Å². The predicted molar refractivity (Wildman–Crippen MR) is 70.7 cm³/mol. The van der Waals surface area contributed by atoms with Gasteiger partial charge in [-0.3, -0.25) is 0 Å². The van der Waals surface area contributed by atoms with Crippen LogP contribution in [0.1, 0.15) is 11.7 Å². The lowest BCUT2D eigenvalue weighted by molar-refractivity contribution is 0.211. The monoisotopic (exact) mass is 259 g/mol. The summed E-state index contributed by atoms with van der Waals surface area (Å²) in [5, 5.41) is 9.87. The molecule has 1 aromatic heterocycles. The Morgan fingerprint density at radius 2 is 1.89 bits per heavy atom. The fourth-order valence-electron chi connectivity index (χ4n) is 1.65. The number of nitrogens with two attached hydrogens (primary N) is 1. The molecule has 0 bridgehead atoms. The molecule has 0 saturated carbocycles. The van der Waals surface area contributed by atoms with Crippen molar-refractivity contribution in [3.63, 3.8) is 0 Å². The van der Waals surface area contributed by atoms with Gasteiger partial charge < -0.3 is 10.8 Å². The van der Waals surface area contributed by atoms with E-state index in [1.165, 1.54) is 12.4 Å². The Morgan fingerprint density at radius 3 is 2.42 bits per heavy atom. The van der Waals surface area contributed by atoms with E-state index in [1.807, 2.05) is 30.3 Å². The van der Waals surface area contributed by atoms with Crippen LogP contribution < -0.4 is 5.73 Å². The van der Waals surface area contributed by atoms with Crippen molar-refractivity contribution >= 4 is 0 Å². The standard InChI is InChI=1S/C14H14FN3O/c15-6-11(7-16)13(19)12-8-17-14(18-9-12)10-4-2-1-3-5-10/h1-6,8-9,13,19H,7,16H2/b11-6-. The highest BCUT2D eigenvalue weighted by Crippen LogP contribution is 2.21. The van der Waals surface area contributed by atoms with Crippen LogP contribution in [0, 0.1) is 0 Å². The Morgan fingerprint density at radius 1 is 1.26 bits per heavy atom. The van der Waals surface area contributed by atoms with E-state index in [0.717, 1.165) is 5.56 Å². The third-order valence-corrected chi connectivity index (χ3v) is 2.75. The van der Waals surface area contributed by atoms with Crippen molar-refractivity contribution in [3.8, 4) is 11.4 Å². The summed E-state index contributed by atoms with van der Waals surface area (Å²) in [6.07, 6.45) is 2.15. The van der Waals surface area contributed by atoms with Gasteiger partial charge in [-0.1, -0.05) is 30.3 Å². The number of aliphatic hydroxyl groups excluding tert-OH is 1. The number of benzene rings is 1. The molecular weight excluding hydrogens is 245 g/mol. The van der Waals surface area contributed by atoms with E-state index in [2.05, 4.69) is 9.97 Å². The Balaban J connectivity index is 2.24. The maximum absolute atomic E-state index is 12.5. The van der Waals surface area contributed by atoms with E-state index in [-0.39, 0.29) is 12.1 Å². The summed E-state index contributed by atoms with van der Waals surface area (Å²) in [6, 6.07) is 9.46. The SMILES string of the molecule is NC/C(=C/F)C(O)c1cnc(-c2ccccc2)nc1. The van der Waals surface area contributed by atoms with E-state index >= 15 is 0 Å². The van der Waals surface area contributed by atoms with Gasteiger partial charge in [0, 0.05) is 35.6 Å². The summed E-state index contributed by atoms with van der Waals surface area (Å²) >= 11 is 0. The number of nitrogens with zero attached hydrogens (tertiary/aromatic N) is 2. The highest BCUT2D eigenvalue weighted by Gasteiger charge is 2.13. The fourth-order valence-corrected chi connectivity index (χ4v) is 1.65. The molecule has 0 aliphatic rings. The lowest BCUT2D eigenvalue weighted by atomic mass is 10.1. The zero-order valence-corrected chi connectivity index (χ0v) is 10.2. The second-order valence-corrected chi connectivity index (χ2v) is 4.00. The van der Waals surface area contributed by atoms with Crippen molar-refractivity contribution in [2.24, 2.45) is 5.73 Å². The van der Waals surface area contributed by atoms with E-state index in [0.29, 0.717) is 17.7 Å². The first kappa shape index (κ1) is 13.3. The topological polar surface area (TPSA) is 72.0 Å². The maximum Gasteiger partial charge on any atom is 0.159 e. The van der Waals surface area contributed by atoms with Crippen LogP contribution in [0.4, 0.5) is 4.39 Å². The first-order valence-corrected chi connectivity index (χ1v) is 5.81. The number of aromatic nitrogens is 2. The van der Waals surface area contributed by atoms with Gasteiger partial charge in [-0.05, 0) is 0 Å². The molecule has 0 saturated heterocycles. The first-order valence-electron chi connectivity index (χ1n) is 5.81. The Kier molecular flexibility index (Phi) is 4.33. The zero-order chi connectivity index (χ0) is 13.7. The largest absolute Gasteiger partial charge is 0.384 e. The molecule has 0 aliphatic carbocycles. The molecule has 2 rings (SSSR count). The highest BCUT2D eigenvalue weighted by molar-refractivity contribution is 5.54. The third kappa shape index (κ3) is 3.01. The molecular formula is C14H14FN3O. The average Bonchev–Trinajstić information content (AvgIpc) is 2.49. The molecule has 0 radical (unpaired) electrons. The molecule has 5 heteroatoms. The van der Waals surface area contributed by atoms with Crippen LogP contribution in [0.25, 0.3) is 11.4 Å². The minimum absolute atomic E-state index is 0.0574. The highest BCUT2D eigenvalue weighted by atomic mass is 19.1. The molecule has 0 aliphatic heterocycles. The van der Waals surface area contributed by atoms with Gasteiger partial charge in [0.1, 0.15) is 6.10 Å². The van der Waals surface area contributed by atoms with Gasteiger partial charge in [-0.25, -0.2) is 14.4 Å². The molecule has 0 spiro atoms. The van der Waals surface area contributed by atoms with Gasteiger partial charge >= 0.3 is 0 Å². The number of rotatable bonds is 4. The molecule has 1 atom stereocenters. The first-order chi connectivity index (χ1) is 9.26. The lowest BCUT2D eigenvalue weighted by Gasteiger charge is -2.12. The molecule has 4 nitrogen and oxygen atoms in total. The maximum atomic E-state index is 12.5. The number of hydrogen-bond donors (Lipinski definition) is 2. The molecule has 1 unspecified atom stereocenters. The van der Waals surface area contributed by atoms with Gasteiger partial charge in [0.15, 0.2) is 5.82 Å². The number of halogens is 1. The lowest BCUT2D eigenvalue weighted by Crippen LogP contribution is -2.12. The normalized spacial score (nSPS) is 13.3. The minimum atomic E-state index is -1.11. The molecule has 98 valence electrons. The fraction of sp³-hybridized carbons (Fsp3) is 0.143. The van der Waals surface area contributed by atoms with Crippen LogP contribution in [-0.4, -0.2) is 21.6 Å². The summed E-state index contributed by atoms with van der Waals surface area (Å²) in [5.74, 6) is 0.551. The van der Waals surface area contributed by atoms with Gasteiger partial charge in [-0.15, -0.1) is 0 Å². The van der Waals surface area contributed by atoms with E-state index < -0.39 is 6.10 Å². The zero-order valence-electron chi connectivity index (χ0n) is 10.2. The summed E-state index contributed by atoms with van der Waals surface area (Å²) in [5.41, 5.74) is 6.72. The summed E-state index contributed by atoms with van der Waals surface area (Å²) in [6.45, 7) is -0.0574. The molecule has 0 amide bonds. The smallest absolute Gasteiger partial charge is 0.159 e. The molecule has 1 heterocycles. The van der Waals surface area contributed by atoms with Crippen molar-refractivity contribution in [1.29, 1.82) is 0 Å². The van der Waals surface area contributed by atoms with Gasteiger partial charge in [0.2, 0.25) is 0 Å². The molecule has 2 aromatic rings. The Labute approximate surface area is 110 Å². The number of hydrogen-bond acceptors (Lipinski definition) is 4. The Hall–Kier alpha value is -2.11. The van der Waals surface area contributed by atoms with Gasteiger partial charge in [0.05, 0.1) is 6.33 Å². The van der Waals surface area contributed by atoms with Crippen LogP contribution in [0.2, 0.25) is 0 Å². The summed E-state index contributed by atoms with van der Waals surface area (Å²) < 4.78 is 12.5. The average molecular weight is 259 g/mol. The quantitative estimate of drug-likeness (QED) is 0.880. The number of aliphatic hydroxyl groups is 1. The Bertz CT molecular complexity index is 555. The summed E-state index contributed by atoms with van der Waals surface area (Å²) in [7, 11) is 0. The molecule has 19 heavy (non-hydrogen) atoms. The van der Waals surface area contributed by atoms with Crippen molar-refractivity contribution in [2.45, 2.75) is 6.10 Å². The van der Waals surface area contributed by atoms with E-state index in [1.54, 1.807) is 0 Å².